The van der Waals surface area contributed by atoms with Gasteiger partial charge in [-0.05, 0) is 36.1 Å². The van der Waals surface area contributed by atoms with Gasteiger partial charge in [0.05, 0.1) is 0 Å². The fourth-order valence-electron chi connectivity index (χ4n) is 1.88. The largest absolute Gasteiger partial charge is 0.324 e. The van der Waals surface area contributed by atoms with E-state index in [-0.39, 0.29) is 6.04 Å². The summed E-state index contributed by atoms with van der Waals surface area (Å²) in [6.07, 6.45) is 1.89. The molecule has 1 nitrogen and oxygen atoms in total. The number of nitrogens with two attached hydrogens (primary N) is 1. The van der Waals surface area contributed by atoms with Crippen LogP contribution in [0.2, 0.25) is 5.02 Å². The summed E-state index contributed by atoms with van der Waals surface area (Å²) < 4.78 is 0. The van der Waals surface area contributed by atoms with Crippen molar-refractivity contribution in [3.63, 3.8) is 0 Å². The SMILES string of the molecule is NC(CCc1cccc(Cl)c1)c1ccccc1. The van der Waals surface area contributed by atoms with Gasteiger partial charge in [0.15, 0.2) is 0 Å². The van der Waals surface area contributed by atoms with Crippen molar-refractivity contribution < 1.29 is 0 Å². The second kappa shape index (κ2) is 5.85. The van der Waals surface area contributed by atoms with Crippen LogP contribution in [0.1, 0.15) is 23.6 Å². The Balaban J connectivity index is 1.95. The minimum atomic E-state index is 0.0928. The second-order valence-electron chi connectivity index (χ2n) is 4.19. The molecule has 0 amide bonds. The molecule has 17 heavy (non-hydrogen) atoms. The first-order chi connectivity index (χ1) is 8.25. The molecule has 0 aromatic heterocycles. The summed E-state index contributed by atoms with van der Waals surface area (Å²) in [5, 5.41) is 0.788. The Hall–Kier alpha value is -1.31. The third-order valence-electron chi connectivity index (χ3n) is 2.86. The van der Waals surface area contributed by atoms with E-state index in [1.165, 1.54) is 11.1 Å². The third-order valence-corrected chi connectivity index (χ3v) is 3.10. The normalized spacial score (nSPS) is 12.4. The molecule has 2 N–H and O–H groups in total. The molecule has 0 heterocycles. The van der Waals surface area contributed by atoms with Crippen LogP contribution in [0, 0.1) is 0 Å². The van der Waals surface area contributed by atoms with Crippen LogP contribution >= 0.6 is 11.6 Å². The van der Waals surface area contributed by atoms with Gasteiger partial charge < -0.3 is 5.73 Å². The first-order valence-corrected chi connectivity index (χ1v) is 6.18. The van der Waals surface area contributed by atoms with Gasteiger partial charge in [-0.1, -0.05) is 54.1 Å². The van der Waals surface area contributed by atoms with Crippen LogP contribution in [0.4, 0.5) is 0 Å². The summed E-state index contributed by atoms with van der Waals surface area (Å²) in [5.41, 5.74) is 8.58. The average Bonchev–Trinajstić information content (AvgIpc) is 2.37. The maximum absolute atomic E-state index is 6.15. The van der Waals surface area contributed by atoms with E-state index in [0.717, 1.165) is 17.9 Å². The molecule has 0 saturated carbocycles. The predicted molar refractivity (Wildman–Crippen MR) is 73.1 cm³/mol. The maximum atomic E-state index is 6.15. The van der Waals surface area contributed by atoms with E-state index >= 15 is 0 Å². The molecule has 2 heteroatoms. The molecule has 0 fully saturated rings. The van der Waals surface area contributed by atoms with Gasteiger partial charge in [0.25, 0.3) is 0 Å². The maximum Gasteiger partial charge on any atom is 0.0408 e. The third kappa shape index (κ3) is 3.58. The minimum absolute atomic E-state index is 0.0928. The van der Waals surface area contributed by atoms with E-state index < -0.39 is 0 Å². The van der Waals surface area contributed by atoms with Gasteiger partial charge in [-0.15, -0.1) is 0 Å². The van der Waals surface area contributed by atoms with Crippen LogP contribution in [-0.4, -0.2) is 0 Å². The Labute approximate surface area is 107 Å². The molecule has 2 rings (SSSR count). The van der Waals surface area contributed by atoms with Crippen molar-refractivity contribution in [2.75, 3.05) is 0 Å². The van der Waals surface area contributed by atoms with Crippen LogP contribution < -0.4 is 5.73 Å². The van der Waals surface area contributed by atoms with Gasteiger partial charge in [0.1, 0.15) is 0 Å². The fraction of sp³-hybridized carbons (Fsp3) is 0.200. The summed E-state index contributed by atoms with van der Waals surface area (Å²) in [6.45, 7) is 0. The fourth-order valence-corrected chi connectivity index (χ4v) is 2.09. The monoisotopic (exact) mass is 245 g/mol. The molecule has 1 atom stereocenters. The summed E-state index contributed by atoms with van der Waals surface area (Å²) in [5.74, 6) is 0. The summed E-state index contributed by atoms with van der Waals surface area (Å²) in [7, 11) is 0. The van der Waals surface area contributed by atoms with Gasteiger partial charge in [0, 0.05) is 11.1 Å². The molecule has 0 aliphatic rings. The lowest BCUT2D eigenvalue weighted by Crippen LogP contribution is -2.11. The Kier molecular flexibility index (Phi) is 4.18. The van der Waals surface area contributed by atoms with Crippen molar-refractivity contribution in [2.24, 2.45) is 5.73 Å². The number of benzene rings is 2. The van der Waals surface area contributed by atoms with Gasteiger partial charge in [0.2, 0.25) is 0 Å². The second-order valence-corrected chi connectivity index (χ2v) is 4.62. The molecule has 0 spiro atoms. The molecule has 1 unspecified atom stereocenters. The Morgan fingerprint density at radius 3 is 2.47 bits per heavy atom. The number of hydrogen-bond acceptors (Lipinski definition) is 1. The molecule has 0 radical (unpaired) electrons. The predicted octanol–water partition coefficient (Wildman–Crippen LogP) is 3.97. The van der Waals surface area contributed by atoms with Crippen LogP contribution in [0.5, 0.6) is 0 Å². The van der Waals surface area contributed by atoms with Crippen molar-refractivity contribution in [3.05, 3.63) is 70.7 Å². The van der Waals surface area contributed by atoms with Gasteiger partial charge >= 0.3 is 0 Å². The molecular formula is C15H16ClN. The molecule has 0 saturated heterocycles. The average molecular weight is 246 g/mol. The molecule has 0 aliphatic heterocycles. The van der Waals surface area contributed by atoms with Crippen molar-refractivity contribution in [1.82, 2.24) is 0 Å². The Morgan fingerprint density at radius 1 is 1.00 bits per heavy atom. The lowest BCUT2D eigenvalue weighted by atomic mass is 10.00. The quantitative estimate of drug-likeness (QED) is 0.867. The summed E-state index contributed by atoms with van der Waals surface area (Å²) in [6, 6.07) is 18.2. The van der Waals surface area contributed by atoms with E-state index in [1.54, 1.807) is 0 Å². The molecule has 0 bridgehead atoms. The zero-order chi connectivity index (χ0) is 12.1. The standard InChI is InChI=1S/C15H16ClN/c16-14-8-4-5-12(11-14)9-10-15(17)13-6-2-1-3-7-13/h1-8,11,15H,9-10,17H2. The minimum Gasteiger partial charge on any atom is -0.324 e. The van der Waals surface area contributed by atoms with Gasteiger partial charge in [-0.25, -0.2) is 0 Å². The summed E-state index contributed by atoms with van der Waals surface area (Å²) in [4.78, 5) is 0. The van der Waals surface area contributed by atoms with Crippen molar-refractivity contribution in [2.45, 2.75) is 18.9 Å². The number of halogens is 1. The highest BCUT2D eigenvalue weighted by molar-refractivity contribution is 6.30. The topological polar surface area (TPSA) is 26.0 Å². The van der Waals surface area contributed by atoms with E-state index in [4.69, 9.17) is 17.3 Å². The van der Waals surface area contributed by atoms with Crippen LogP contribution in [-0.2, 0) is 6.42 Å². The first-order valence-electron chi connectivity index (χ1n) is 5.80. The molecule has 2 aromatic rings. The van der Waals surface area contributed by atoms with Crippen molar-refractivity contribution in [1.29, 1.82) is 0 Å². The van der Waals surface area contributed by atoms with E-state index in [1.807, 2.05) is 36.4 Å². The van der Waals surface area contributed by atoms with Crippen LogP contribution in [0.3, 0.4) is 0 Å². The number of aryl methyl sites for hydroxylation is 1. The smallest absolute Gasteiger partial charge is 0.0408 e. The van der Waals surface area contributed by atoms with Gasteiger partial charge in [-0.2, -0.15) is 0 Å². The van der Waals surface area contributed by atoms with Crippen molar-refractivity contribution in [3.8, 4) is 0 Å². The van der Waals surface area contributed by atoms with E-state index in [9.17, 15) is 0 Å². The first kappa shape index (κ1) is 12.2. The summed E-state index contributed by atoms with van der Waals surface area (Å²) >= 11 is 5.95. The molecule has 88 valence electrons. The molecule has 2 aromatic carbocycles. The lowest BCUT2D eigenvalue weighted by molar-refractivity contribution is 0.651. The van der Waals surface area contributed by atoms with Crippen LogP contribution in [0.15, 0.2) is 54.6 Å². The van der Waals surface area contributed by atoms with E-state index in [0.29, 0.717) is 0 Å². The highest BCUT2D eigenvalue weighted by Crippen LogP contribution is 2.18. The zero-order valence-electron chi connectivity index (χ0n) is 9.64. The Morgan fingerprint density at radius 2 is 1.76 bits per heavy atom. The van der Waals surface area contributed by atoms with Crippen molar-refractivity contribution >= 4 is 11.6 Å². The number of rotatable bonds is 4. The zero-order valence-corrected chi connectivity index (χ0v) is 10.4. The number of hydrogen-bond donors (Lipinski definition) is 1. The highest BCUT2D eigenvalue weighted by Gasteiger charge is 2.05. The Bertz CT molecular complexity index is 467. The molecular weight excluding hydrogens is 230 g/mol. The van der Waals surface area contributed by atoms with Crippen LogP contribution in [0.25, 0.3) is 0 Å². The molecule has 0 aliphatic carbocycles. The van der Waals surface area contributed by atoms with Gasteiger partial charge in [-0.3, -0.25) is 0 Å². The van der Waals surface area contributed by atoms with E-state index in [2.05, 4.69) is 18.2 Å². The highest BCUT2D eigenvalue weighted by atomic mass is 35.5. The lowest BCUT2D eigenvalue weighted by Gasteiger charge is -2.11.